The van der Waals surface area contributed by atoms with E-state index in [0.717, 1.165) is 19.4 Å². The fourth-order valence-electron chi connectivity index (χ4n) is 2.28. The average molecular weight is 306 g/mol. The third kappa shape index (κ3) is 5.04. The van der Waals surface area contributed by atoms with E-state index in [0.29, 0.717) is 24.4 Å². The van der Waals surface area contributed by atoms with E-state index in [-0.39, 0.29) is 24.3 Å². The summed E-state index contributed by atoms with van der Waals surface area (Å²) in [4.78, 5) is 23.6. The van der Waals surface area contributed by atoms with Crippen molar-refractivity contribution < 1.29 is 19.1 Å². The molecule has 2 rings (SSSR count). The fraction of sp³-hybridized carbons (Fsp3) is 0.500. The first kappa shape index (κ1) is 16.3. The molecule has 0 aromatic heterocycles. The van der Waals surface area contributed by atoms with Gasteiger partial charge in [-0.15, -0.1) is 0 Å². The highest BCUT2D eigenvalue weighted by molar-refractivity contribution is 5.94. The van der Waals surface area contributed by atoms with Gasteiger partial charge in [-0.1, -0.05) is 6.07 Å². The second kappa shape index (κ2) is 8.38. The summed E-state index contributed by atoms with van der Waals surface area (Å²) in [6, 6.07) is 6.89. The zero-order valence-corrected chi connectivity index (χ0v) is 12.8. The van der Waals surface area contributed by atoms with Gasteiger partial charge in [0.2, 0.25) is 5.91 Å². The molecule has 120 valence electrons. The van der Waals surface area contributed by atoms with E-state index in [1.54, 1.807) is 31.4 Å². The average Bonchev–Trinajstić information content (AvgIpc) is 3.06. The van der Waals surface area contributed by atoms with Gasteiger partial charge in [-0.25, -0.2) is 0 Å². The summed E-state index contributed by atoms with van der Waals surface area (Å²) >= 11 is 0. The van der Waals surface area contributed by atoms with Gasteiger partial charge in [0, 0.05) is 31.7 Å². The summed E-state index contributed by atoms with van der Waals surface area (Å²) in [7, 11) is 1.55. The molecule has 6 heteroatoms. The Morgan fingerprint density at radius 1 is 1.36 bits per heavy atom. The summed E-state index contributed by atoms with van der Waals surface area (Å²) < 4.78 is 10.5. The van der Waals surface area contributed by atoms with Crippen molar-refractivity contribution in [3.63, 3.8) is 0 Å². The molecule has 0 radical (unpaired) electrons. The molecule has 22 heavy (non-hydrogen) atoms. The van der Waals surface area contributed by atoms with E-state index in [4.69, 9.17) is 9.47 Å². The molecule has 2 amide bonds. The smallest absolute Gasteiger partial charge is 0.251 e. The molecule has 1 saturated heterocycles. The molecule has 1 aliphatic rings. The number of methoxy groups -OCH3 is 1. The predicted molar refractivity (Wildman–Crippen MR) is 81.9 cm³/mol. The number of rotatable bonds is 7. The summed E-state index contributed by atoms with van der Waals surface area (Å²) in [5.74, 6) is 0.328. The third-order valence-electron chi connectivity index (χ3n) is 3.52. The molecule has 6 nitrogen and oxygen atoms in total. The van der Waals surface area contributed by atoms with Crippen LogP contribution in [0.5, 0.6) is 5.75 Å². The molecule has 1 aliphatic heterocycles. The Morgan fingerprint density at radius 2 is 2.23 bits per heavy atom. The van der Waals surface area contributed by atoms with Crippen molar-refractivity contribution in [1.82, 2.24) is 10.6 Å². The van der Waals surface area contributed by atoms with Crippen LogP contribution in [0.4, 0.5) is 0 Å². The molecule has 0 unspecified atom stereocenters. The minimum atomic E-state index is -0.217. The molecule has 2 N–H and O–H groups in total. The Morgan fingerprint density at radius 3 is 2.95 bits per heavy atom. The maximum atomic E-state index is 11.9. The second-order valence-electron chi connectivity index (χ2n) is 5.18. The molecule has 1 atom stereocenters. The molecule has 1 aromatic rings. The number of amides is 2. The van der Waals surface area contributed by atoms with Crippen molar-refractivity contribution in [2.45, 2.75) is 25.4 Å². The predicted octanol–water partition coefficient (Wildman–Crippen LogP) is 1.11. The maximum absolute atomic E-state index is 11.9. The minimum absolute atomic E-state index is 0.0820. The number of nitrogens with one attached hydrogen (secondary N) is 2. The zero-order chi connectivity index (χ0) is 15.8. The van der Waals surface area contributed by atoms with Gasteiger partial charge in [-0.2, -0.15) is 0 Å². The lowest BCUT2D eigenvalue weighted by Crippen LogP contribution is -2.34. The van der Waals surface area contributed by atoms with Gasteiger partial charge >= 0.3 is 0 Å². The van der Waals surface area contributed by atoms with Crippen molar-refractivity contribution in [3.8, 4) is 5.75 Å². The van der Waals surface area contributed by atoms with Crippen LogP contribution in [0, 0.1) is 0 Å². The molecule has 1 heterocycles. The van der Waals surface area contributed by atoms with Crippen LogP contribution in [-0.2, 0) is 9.53 Å². The van der Waals surface area contributed by atoms with E-state index in [2.05, 4.69) is 10.6 Å². The normalized spacial score (nSPS) is 17.0. The number of hydrogen-bond donors (Lipinski definition) is 2. The van der Waals surface area contributed by atoms with Crippen LogP contribution in [0.2, 0.25) is 0 Å². The molecule has 0 saturated carbocycles. The lowest BCUT2D eigenvalue weighted by molar-refractivity contribution is -0.121. The number of carbonyl (C=O) groups is 2. The van der Waals surface area contributed by atoms with Gasteiger partial charge in [0.15, 0.2) is 0 Å². The number of carbonyl (C=O) groups excluding carboxylic acids is 2. The van der Waals surface area contributed by atoms with Crippen LogP contribution in [-0.4, -0.2) is 44.7 Å². The van der Waals surface area contributed by atoms with Crippen molar-refractivity contribution in [3.05, 3.63) is 29.8 Å². The monoisotopic (exact) mass is 306 g/mol. The molecule has 0 aliphatic carbocycles. The summed E-state index contributed by atoms with van der Waals surface area (Å²) in [5.41, 5.74) is 0.513. The highest BCUT2D eigenvalue weighted by atomic mass is 16.5. The van der Waals surface area contributed by atoms with Gasteiger partial charge in [0.1, 0.15) is 5.75 Å². The Hall–Kier alpha value is -2.08. The van der Waals surface area contributed by atoms with Gasteiger partial charge in [0.25, 0.3) is 5.91 Å². The first-order valence-electron chi connectivity index (χ1n) is 7.49. The summed E-state index contributed by atoms with van der Waals surface area (Å²) in [5, 5.41) is 5.54. The number of ether oxygens (including phenoxy) is 2. The van der Waals surface area contributed by atoms with Gasteiger partial charge < -0.3 is 20.1 Å². The first-order chi connectivity index (χ1) is 10.7. The van der Waals surface area contributed by atoms with Gasteiger partial charge in [0.05, 0.1) is 13.2 Å². The molecular formula is C16H22N2O4. The Balaban J connectivity index is 1.66. The zero-order valence-electron chi connectivity index (χ0n) is 12.8. The van der Waals surface area contributed by atoms with Crippen LogP contribution >= 0.6 is 0 Å². The number of benzene rings is 1. The Bertz CT molecular complexity index is 513. The van der Waals surface area contributed by atoms with E-state index in [9.17, 15) is 9.59 Å². The first-order valence-corrected chi connectivity index (χ1v) is 7.49. The molecule has 1 aromatic carbocycles. The highest BCUT2D eigenvalue weighted by Crippen LogP contribution is 2.12. The summed E-state index contributed by atoms with van der Waals surface area (Å²) in [6.45, 7) is 1.62. The van der Waals surface area contributed by atoms with Crippen LogP contribution < -0.4 is 15.4 Å². The Kier molecular flexibility index (Phi) is 6.21. The molecule has 0 bridgehead atoms. The van der Waals surface area contributed by atoms with Crippen LogP contribution in [0.3, 0.4) is 0 Å². The van der Waals surface area contributed by atoms with Crippen molar-refractivity contribution in [1.29, 1.82) is 0 Å². The van der Waals surface area contributed by atoms with Crippen LogP contribution in [0.15, 0.2) is 24.3 Å². The van der Waals surface area contributed by atoms with E-state index in [1.165, 1.54) is 0 Å². The minimum Gasteiger partial charge on any atom is -0.497 e. The van der Waals surface area contributed by atoms with Gasteiger partial charge in [-0.05, 0) is 31.0 Å². The SMILES string of the molecule is COc1cccc(C(=O)NCCC(=O)NC[C@H]2CCCO2)c1. The molecular weight excluding hydrogens is 284 g/mol. The number of hydrogen-bond acceptors (Lipinski definition) is 4. The van der Waals surface area contributed by atoms with Crippen molar-refractivity contribution in [2.24, 2.45) is 0 Å². The van der Waals surface area contributed by atoms with E-state index >= 15 is 0 Å². The standard InChI is InChI=1S/C16H22N2O4/c1-21-13-5-2-4-12(10-13)16(20)17-8-7-15(19)18-11-14-6-3-9-22-14/h2,4-5,10,14H,3,6-9,11H2,1H3,(H,17,20)(H,18,19)/t14-/m1/s1. The van der Waals surface area contributed by atoms with Gasteiger partial charge in [-0.3, -0.25) is 9.59 Å². The molecule has 0 spiro atoms. The van der Waals surface area contributed by atoms with Crippen molar-refractivity contribution >= 4 is 11.8 Å². The lowest BCUT2D eigenvalue weighted by atomic mass is 10.2. The van der Waals surface area contributed by atoms with E-state index < -0.39 is 0 Å². The maximum Gasteiger partial charge on any atom is 0.251 e. The van der Waals surface area contributed by atoms with Crippen LogP contribution in [0.25, 0.3) is 0 Å². The fourth-order valence-corrected chi connectivity index (χ4v) is 2.28. The second-order valence-corrected chi connectivity index (χ2v) is 5.18. The Labute approximate surface area is 130 Å². The topological polar surface area (TPSA) is 76.7 Å². The molecule has 1 fully saturated rings. The quantitative estimate of drug-likeness (QED) is 0.791. The van der Waals surface area contributed by atoms with Crippen molar-refractivity contribution in [2.75, 3.05) is 26.8 Å². The van der Waals surface area contributed by atoms with E-state index in [1.807, 2.05) is 0 Å². The van der Waals surface area contributed by atoms with Crippen LogP contribution in [0.1, 0.15) is 29.6 Å². The third-order valence-corrected chi connectivity index (χ3v) is 3.52. The summed E-state index contributed by atoms with van der Waals surface area (Å²) in [6.07, 6.45) is 2.43. The largest absolute Gasteiger partial charge is 0.497 e. The lowest BCUT2D eigenvalue weighted by Gasteiger charge is -2.11. The highest BCUT2D eigenvalue weighted by Gasteiger charge is 2.16.